The first-order valence-corrected chi connectivity index (χ1v) is 7.24. The lowest BCUT2D eigenvalue weighted by molar-refractivity contribution is 0.0937. The highest BCUT2D eigenvalue weighted by Gasteiger charge is 2.30. The zero-order valence-corrected chi connectivity index (χ0v) is 12.0. The number of rotatable bonds is 4. The molecule has 4 rings (SSSR count). The topological polar surface area (TPSA) is 90.0 Å². The molecule has 0 aliphatic heterocycles. The number of tetrazole rings is 1. The average molecular weight is 297 g/mol. The van der Waals surface area contributed by atoms with Gasteiger partial charge in [0.1, 0.15) is 5.65 Å². The number of carbonyl (C=O) groups is 1. The number of amides is 1. The average Bonchev–Trinajstić information content (AvgIpc) is 3.07. The number of nitrogens with zero attached hydrogens (tertiary/aromatic N) is 6. The number of hydrogen-bond donors (Lipinski definition) is 1. The number of carbonyl (C=O) groups excluding carboxylic acids is 1. The molecule has 1 N–H and O–H groups in total. The Balaban J connectivity index is 1.54. The Hall–Kier alpha value is -2.77. The van der Waals surface area contributed by atoms with Gasteiger partial charge in [0.2, 0.25) is 0 Å². The van der Waals surface area contributed by atoms with E-state index in [0.29, 0.717) is 17.4 Å². The molecule has 1 amide bonds. The van der Waals surface area contributed by atoms with Crippen LogP contribution < -0.4 is 5.32 Å². The van der Waals surface area contributed by atoms with E-state index in [9.17, 15) is 4.79 Å². The van der Waals surface area contributed by atoms with Gasteiger partial charge in [-0.3, -0.25) is 4.79 Å². The van der Waals surface area contributed by atoms with Gasteiger partial charge in [0.25, 0.3) is 5.91 Å². The minimum absolute atomic E-state index is 0.164. The van der Waals surface area contributed by atoms with Crippen molar-refractivity contribution in [1.82, 2.24) is 34.9 Å². The summed E-state index contributed by atoms with van der Waals surface area (Å²) in [7, 11) is 0. The van der Waals surface area contributed by atoms with Crippen LogP contribution in [-0.4, -0.2) is 35.5 Å². The Morgan fingerprint density at radius 3 is 3.09 bits per heavy atom. The Morgan fingerprint density at radius 2 is 2.27 bits per heavy atom. The van der Waals surface area contributed by atoms with E-state index in [1.54, 1.807) is 18.3 Å². The van der Waals surface area contributed by atoms with E-state index in [-0.39, 0.29) is 11.9 Å². The molecule has 3 heterocycles. The molecular formula is C14H15N7O. The van der Waals surface area contributed by atoms with Crippen molar-refractivity contribution >= 4 is 11.6 Å². The number of pyridine rings is 1. The molecule has 8 heteroatoms. The normalized spacial score (nSPS) is 15.9. The fraction of sp³-hybridized carbons (Fsp3) is 0.357. The van der Waals surface area contributed by atoms with E-state index in [1.165, 1.54) is 0 Å². The number of fused-ring (bicyclic) bond motifs is 1. The van der Waals surface area contributed by atoms with Crippen LogP contribution in [0.2, 0.25) is 0 Å². The van der Waals surface area contributed by atoms with E-state index < -0.39 is 0 Å². The SMILES string of the molecule is C[C@H](NC(=O)c1ccn2ccnc2c1)c1nnnn1C1CC1. The number of nitrogens with one attached hydrogen (secondary N) is 1. The lowest BCUT2D eigenvalue weighted by Gasteiger charge is -2.13. The van der Waals surface area contributed by atoms with Gasteiger partial charge in [-0.05, 0) is 42.3 Å². The van der Waals surface area contributed by atoms with Gasteiger partial charge < -0.3 is 9.72 Å². The second-order valence-corrected chi connectivity index (χ2v) is 5.52. The minimum atomic E-state index is -0.251. The largest absolute Gasteiger partial charge is 0.342 e. The highest BCUT2D eigenvalue weighted by atomic mass is 16.1. The van der Waals surface area contributed by atoms with Crippen molar-refractivity contribution in [2.45, 2.75) is 31.8 Å². The van der Waals surface area contributed by atoms with Crippen LogP contribution in [0.4, 0.5) is 0 Å². The van der Waals surface area contributed by atoms with Crippen molar-refractivity contribution < 1.29 is 4.79 Å². The third kappa shape index (κ3) is 2.22. The highest BCUT2D eigenvalue weighted by molar-refractivity contribution is 5.95. The van der Waals surface area contributed by atoms with Crippen molar-refractivity contribution in [3.05, 3.63) is 42.1 Å². The number of hydrogen-bond acceptors (Lipinski definition) is 5. The molecule has 1 atom stereocenters. The van der Waals surface area contributed by atoms with Crippen LogP contribution in [0.25, 0.3) is 5.65 Å². The van der Waals surface area contributed by atoms with Crippen LogP contribution in [0.1, 0.15) is 48.0 Å². The summed E-state index contributed by atoms with van der Waals surface area (Å²) in [4.78, 5) is 16.6. The Bertz CT molecular complexity index is 832. The van der Waals surface area contributed by atoms with Crippen LogP contribution in [0, 0.1) is 0 Å². The standard InChI is InChI=1S/C14H15N7O/c1-9(13-17-18-19-21(13)11-2-3-11)16-14(22)10-4-6-20-7-5-15-12(20)8-10/h4-9,11H,2-3H2,1H3,(H,16,22)/t9-/m0/s1. The first-order valence-electron chi connectivity index (χ1n) is 7.24. The second kappa shape index (κ2) is 4.90. The van der Waals surface area contributed by atoms with Crippen molar-refractivity contribution in [1.29, 1.82) is 0 Å². The van der Waals surface area contributed by atoms with Crippen LogP contribution in [0.5, 0.6) is 0 Å². The molecule has 1 saturated carbocycles. The van der Waals surface area contributed by atoms with Crippen molar-refractivity contribution in [2.75, 3.05) is 0 Å². The molecule has 0 unspecified atom stereocenters. The molecule has 1 aliphatic rings. The van der Waals surface area contributed by atoms with Crippen LogP contribution in [0.15, 0.2) is 30.7 Å². The number of aromatic nitrogens is 6. The first-order chi connectivity index (χ1) is 10.7. The lowest BCUT2D eigenvalue weighted by atomic mass is 10.2. The van der Waals surface area contributed by atoms with Crippen molar-refractivity contribution in [3.8, 4) is 0 Å². The summed E-state index contributed by atoms with van der Waals surface area (Å²) in [5.74, 6) is 0.529. The maximum atomic E-state index is 12.4. The molecular weight excluding hydrogens is 282 g/mol. The second-order valence-electron chi connectivity index (χ2n) is 5.52. The van der Waals surface area contributed by atoms with Gasteiger partial charge in [0, 0.05) is 24.2 Å². The van der Waals surface area contributed by atoms with Gasteiger partial charge in [-0.15, -0.1) is 5.10 Å². The van der Waals surface area contributed by atoms with E-state index in [0.717, 1.165) is 18.5 Å². The van der Waals surface area contributed by atoms with E-state index in [1.807, 2.05) is 28.4 Å². The minimum Gasteiger partial charge on any atom is -0.342 e. The lowest BCUT2D eigenvalue weighted by Crippen LogP contribution is -2.29. The summed E-state index contributed by atoms with van der Waals surface area (Å²) in [6, 6.07) is 3.65. The molecule has 3 aromatic rings. The van der Waals surface area contributed by atoms with Crippen molar-refractivity contribution in [2.24, 2.45) is 0 Å². The Morgan fingerprint density at radius 1 is 1.41 bits per heavy atom. The molecule has 1 fully saturated rings. The van der Waals surface area contributed by atoms with Gasteiger partial charge in [0.05, 0.1) is 12.1 Å². The zero-order valence-electron chi connectivity index (χ0n) is 12.0. The molecule has 0 saturated heterocycles. The molecule has 0 radical (unpaired) electrons. The predicted octanol–water partition coefficient (Wildman–Crippen LogP) is 1.15. The Kier molecular flexibility index (Phi) is 2.88. The van der Waals surface area contributed by atoms with Crippen LogP contribution >= 0.6 is 0 Å². The monoisotopic (exact) mass is 297 g/mol. The van der Waals surface area contributed by atoms with E-state index in [2.05, 4.69) is 25.8 Å². The smallest absolute Gasteiger partial charge is 0.252 e. The maximum absolute atomic E-state index is 12.4. The highest BCUT2D eigenvalue weighted by Crippen LogP contribution is 2.35. The van der Waals surface area contributed by atoms with Crippen LogP contribution in [0.3, 0.4) is 0 Å². The molecule has 3 aromatic heterocycles. The molecule has 22 heavy (non-hydrogen) atoms. The van der Waals surface area contributed by atoms with Crippen molar-refractivity contribution in [3.63, 3.8) is 0 Å². The summed E-state index contributed by atoms with van der Waals surface area (Å²) in [5, 5.41) is 14.7. The molecule has 8 nitrogen and oxygen atoms in total. The van der Waals surface area contributed by atoms with E-state index >= 15 is 0 Å². The molecule has 1 aliphatic carbocycles. The third-order valence-corrected chi connectivity index (χ3v) is 3.81. The summed E-state index contributed by atoms with van der Waals surface area (Å²) in [6.07, 6.45) is 7.54. The summed E-state index contributed by atoms with van der Waals surface area (Å²) in [5.41, 5.74) is 1.30. The molecule has 112 valence electrons. The number of imidazole rings is 1. The van der Waals surface area contributed by atoms with E-state index in [4.69, 9.17) is 0 Å². The molecule has 0 spiro atoms. The zero-order chi connectivity index (χ0) is 15.1. The third-order valence-electron chi connectivity index (χ3n) is 3.81. The molecule has 0 bridgehead atoms. The van der Waals surface area contributed by atoms with Gasteiger partial charge >= 0.3 is 0 Å². The predicted molar refractivity (Wildman–Crippen MR) is 77.2 cm³/mol. The van der Waals surface area contributed by atoms with Gasteiger partial charge in [0.15, 0.2) is 5.82 Å². The summed E-state index contributed by atoms with van der Waals surface area (Å²) < 4.78 is 3.66. The summed E-state index contributed by atoms with van der Waals surface area (Å²) >= 11 is 0. The fourth-order valence-corrected chi connectivity index (χ4v) is 2.46. The Labute approximate surface area is 126 Å². The van der Waals surface area contributed by atoms with Gasteiger partial charge in [-0.1, -0.05) is 0 Å². The van der Waals surface area contributed by atoms with Gasteiger partial charge in [-0.25, -0.2) is 9.67 Å². The maximum Gasteiger partial charge on any atom is 0.252 e. The fourth-order valence-electron chi connectivity index (χ4n) is 2.46. The first kappa shape index (κ1) is 12.9. The van der Waals surface area contributed by atoms with Gasteiger partial charge in [-0.2, -0.15) is 0 Å². The van der Waals surface area contributed by atoms with Crippen LogP contribution in [-0.2, 0) is 0 Å². The summed E-state index contributed by atoms with van der Waals surface area (Å²) in [6.45, 7) is 1.89. The quantitative estimate of drug-likeness (QED) is 0.780. The molecule has 0 aromatic carbocycles.